The molecule has 2 aromatic rings. The minimum absolute atomic E-state index is 0.300. The Kier molecular flexibility index (Phi) is 4.95. The van der Waals surface area contributed by atoms with Crippen LogP contribution in [0, 0.1) is 0 Å². The SMILES string of the molecule is CC(C)n1c(CN)nnc1SCc1ccc(Br)cn1. The van der Waals surface area contributed by atoms with Crippen molar-refractivity contribution in [1.82, 2.24) is 19.7 Å². The normalized spacial score (nSPS) is 11.2. The summed E-state index contributed by atoms with van der Waals surface area (Å²) in [5.74, 6) is 1.59. The number of rotatable bonds is 5. The first-order valence-corrected chi connectivity index (χ1v) is 7.76. The third kappa shape index (κ3) is 3.55. The van der Waals surface area contributed by atoms with Crippen LogP contribution in [0.15, 0.2) is 28.0 Å². The van der Waals surface area contributed by atoms with Crippen molar-refractivity contribution in [2.45, 2.75) is 37.3 Å². The van der Waals surface area contributed by atoms with Crippen molar-refractivity contribution in [1.29, 1.82) is 0 Å². The minimum atomic E-state index is 0.300. The lowest BCUT2D eigenvalue weighted by Gasteiger charge is -2.12. The maximum atomic E-state index is 5.68. The molecule has 0 aliphatic carbocycles. The number of halogens is 1. The maximum Gasteiger partial charge on any atom is 0.191 e. The van der Waals surface area contributed by atoms with Gasteiger partial charge in [-0.1, -0.05) is 11.8 Å². The minimum Gasteiger partial charge on any atom is -0.324 e. The average molecular weight is 342 g/mol. The van der Waals surface area contributed by atoms with Crippen molar-refractivity contribution in [3.05, 3.63) is 34.3 Å². The molecule has 0 spiro atoms. The zero-order valence-electron chi connectivity index (χ0n) is 10.9. The molecule has 102 valence electrons. The standard InChI is InChI=1S/C12H16BrN5S/c1-8(2)18-11(5-14)16-17-12(18)19-7-10-4-3-9(13)6-15-10/h3-4,6,8H,5,7,14H2,1-2H3. The number of nitrogens with two attached hydrogens (primary N) is 1. The van der Waals surface area contributed by atoms with Gasteiger partial charge in [0.2, 0.25) is 0 Å². The first kappa shape index (κ1) is 14.5. The van der Waals surface area contributed by atoms with Gasteiger partial charge in [0.1, 0.15) is 5.82 Å². The van der Waals surface area contributed by atoms with Crippen molar-refractivity contribution in [2.24, 2.45) is 5.73 Å². The Balaban J connectivity index is 2.11. The van der Waals surface area contributed by atoms with E-state index in [0.717, 1.165) is 26.9 Å². The number of aromatic nitrogens is 4. The van der Waals surface area contributed by atoms with E-state index in [0.29, 0.717) is 12.6 Å². The van der Waals surface area contributed by atoms with Crippen LogP contribution in [0.1, 0.15) is 31.4 Å². The monoisotopic (exact) mass is 341 g/mol. The molecular weight excluding hydrogens is 326 g/mol. The molecule has 2 N–H and O–H groups in total. The van der Waals surface area contributed by atoms with Gasteiger partial charge in [-0.3, -0.25) is 4.98 Å². The van der Waals surface area contributed by atoms with E-state index in [2.05, 4.69) is 49.5 Å². The summed E-state index contributed by atoms with van der Waals surface area (Å²) in [4.78, 5) is 4.34. The molecule has 0 fully saturated rings. The molecule has 2 heterocycles. The molecular formula is C12H16BrN5S. The summed E-state index contributed by atoms with van der Waals surface area (Å²) in [5.41, 5.74) is 6.69. The highest BCUT2D eigenvalue weighted by Gasteiger charge is 2.14. The van der Waals surface area contributed by atoms with E-state index in [1.54, 1.807) is 18.0 Å². The predicted octanol–water partition coefficient (Wildman–Crippen LogP) is 2.77. The van der Waals surface area contributed by atoms with Crippen LogP contribution >= 0.6 is 27.7 Å². The van der Waals surface area contributed by atoms with Crippen LogP contribution in [0.3, 0.4) is 0 Å². The van der Waals surface area contributed by atoms with Crippen molar-refractivity contribution in [2.75, 3.05) is 0 Å². The Morgan fingerprint density at radius 1 is 1.37 bits per heavy atom. The Hall–Kier alpha value is -0.920. The second kappa shape index (κ2) is 6.49. The topological polar surface area (TPSA) is 69.6 Å². The first-order valence-electron chi connectivity index (χ1n) is 5.99. The molecule has 2 aromatic heterocycles. The fourth-order valence-electron chi connectivity index (χ4n) is 1.69. The quantitative estimate of drug-likeness (QED) is 0.846. The third-order valence-electron chi connectivity index (χ3n) is 2.57. The van der Waals surface area contributed by atoms with Gasteiger partial charge in [0.15, 0.2) is 5.16 Å². The van der Waals surface area contributed by atoms with Gasteiger partial charge in [0.05, 0.1) is 12.2 Å². The van der Waals surface area contributed by atoms with Crippen molar-refractivity contribution in [3.8, 4) is 0 Å². The van der Waals surface area contributed by atoms with E-state index in [1.165, 1.54) is 0 Å². The van der Waals surface area contributed by atoms with Crippen molar-refractivity contribution in [3.63, 3.8) is 0 Å². The Morgan fingerprint density at radius 3 is 2.74 bits per heavy atom. The van der Waals surface area contributed by atoms with Crippen molar-refractivity contribution < 1.29 is 0 Å². The van der Waals surface area contributed by atoms with Crippen LogP contribution in [0.5, 0.6) is 0 Å². The van der Waals surface area contributed by atoms with Gasteiger partial charge >= 0.3 is 0 Å². The summed E-state index contributed by atoms with van der Waals surface area (Å²) < 4.78 is 3.06. The Morgan fingerprint density at radius 2 is 2.16 bits per heavy atom. The molecule has 0 aliphatic rings. The average Bonchev–Trinajstić information content (AvgIpc) is 2.81. The number of thioether (sulfide) groups is 1. The number of pyridine rings is 1. The maximum absolute atomic E-state index is 5.68. The largest absolute Gasteiger partial charge is 0.324 e. The summed E-state index contributed by atoms with van der Waals surface area (Å²) in [6.45, 7) is 4.61. The lowest BCUT2D eigenvalue weighted by Crippen LogP contribution is -2.11. The van der Waals surface area contributed by atoms with E-state index in [4.69, 9.17) is 5.73 Å². The van der Waals surface area contributed by atoms with Crippen LogP contribution in [0.2, 0.25) is 0 Å². The summed E-state index contributed by atoms with van der Waals surface area (Å²) in [5, 5.41) is 9.21. The summed E-state index contributed by atoms with van der Waals surface area (Å²) in [6.07, 6.45) is 1.80. The van der Waals surface area contributed by atoms with Crippen LogP contribution in [-0.2, 0) is 12.3 Å². The molecule has 0 unspecified atom stereocenters. The Labute approximate surface area is 125 Å². The molecule has 5 nitrogen and oxygen atoms in total. The van der Waals surface area contributed by atoms with Crippen LogP contribution in [-0.4, -0.2) is 19.7 Å². The molecule has 2 rings (SSSR count). The van der Waals surface area contributed by atoms with E-state index in [-0.39, 0.29) is 0 Å². The number of nitrogens with zero attached hydrogens (tertiary/aromatic N) is 4. The van der Waals surface area contributed by atoms with Gasteiger partial charge in [-0.15, -0.1) is 10.2 Å². The molecule has 0 radical (unpaired) electrons. The second-order valence-electron chi connectivity index (χ2n) is 4.32. The predicted molar refractivity (Wildman–Crippen MR) is 79.8 cm³/mol. The molecule has 0 saturated carbocycles. The molecule has 7 heteroatoms. The van der Waals surface area contributed by atoms with E-state index >= 15 is 0 Å². The van der Waals surface area contributed by atoms with Gasteiger partial charge in [-0.25, -0.2) is 0 Å². The van der Waals surface area contributed by atoms with Gasteiger partial charge in [-0.05, 0) is 41.9 Å². The van der Waals surface area contributed by atoms with Crippen LogP contribution in [0.25, 0.3) is 0 Å². The molecule has 0 saturated heterocycles. The molecule has 0 amide bonds. The highest BCUT2D eigenvalue weighted by molar-refractivity contribution is 9.10. The van der Waals surface area contributed by atoms with E-state index in [1.807, 2.05) is 12.1 Å². The van der Waals surface area contributed by atoms with Crippen LogP contribution in [0.4, 0.5) is 0 Å². The molecule has 0 bridgehead atoms. The second-order valence-corrected chi connectivity index (χ2v) is 6.18. The molecule has 0 atom stereocenters. The fourth-order valence-corrected chi connectivity index (χ4v) is 2.93. The summed E-state index contributed by atoms with van der Waals surface area (Å²) in [6, 6.07) is 4.28. The zero-order chi connectivity index (χ0) is 13.8. The van der Waals surface area contributed by atoms with Gasteiger partial charge in [0, 0.05) is 22.5 Å². The summed E-state index contributed by atoms with van der Waals surface area (Å²) in [7, 11) is 0. The van der Waals surface area contributed by atoms with Gasteiger partial charge < -0.3 is 10.3 Å². The smallest absolute Gasteiger partial charge is 0.191 e. The lowest BCUT2D eigenvalue weighted by molar-refractivity contribution is 0.526. The fraction of sp³-hybridized carbons (Fsp3) is 0.417. The first-order chi connectivity index (χ1) is 9.11. The molecule has 0 aliphatic heterocycles. The molecule has 0 aromatic carbocycles. The summed E-state index contributed by atoms with van der Waals surface area (Å²) >= 11 is 5.00. The van der Waals surface area contributed by atoms with Gasteiger partial charge in [-0.2, -0.15) is 0 Å². The molecule has 19 heavy (non-hydrogen) atoms. The third-order valence-corrected chi connectivity index (χ3v) is 4.02. The lowest BCUT2D eigenvalue weighted by atomic mass is 10.4. The highest BCUT2D eigenvalue weighted by Crippen LogP contribution is 2.24. The Bertz CT molecular complexity index is 538. The number of hydrogen-bond donors (Lipinski definition) is 1. The van der Waals surface area contributed by atoms with E-state index in [9.17, 15) is 0 Å². The van der Waals surface area contributed by atoms with E-state index < -0.39 is 0 Å². The number of hydrogen-bond acceptors (Lipinski definition) is 5. The van der Waals surface area contributed by atoms with Gasteiger partial charge in [0.25, 0.3) is 0 Å². The highest BCUT2D eigenvalue weighted by atomic mass is 79.9. The zero-order valence-corrected chi connectivity index (χ0v) is 13.3. The van der Waals surface area contributed by atoms with Crippen molar-refractivity contribution >= 4 is 27.7 Å². The van der Waals surface area contributed by atoms with Crippen LogP contribution < -0.4 is 5.73 Å².